The molecule has 0 bridgehead atoms. The van der Waals surface area contributed by atoms with Crippen molar-refractivity contribution in [3.8, 4) is 45.5 Å². The van der Waals surface area contributed by atoms with E-state index < -0.39 is 19.1 Å². The zero-order valence-corrected chi connectivity index (χ0v) is 44.4. The average Bonchev–Trinajstić information content (AvgIpc) is 3.85. The van der Waals surface area contributed by atoms with Gasteiger partial charge in [0.15, 0.2) is 0 Å². The zero-order valence-electron chi connectivity index (χ0n) is 39.9. The summed E-state index contributed by atoms with van der Waals surface area (Å²) in [6.07, 6.45) is 2.01. The molecule has 0 unspecified atom stereocenters. The van der Waals surface area contributed by atoms with Crippen molar-refractivity contribution in [1.29, 1.82) is 5.26 Å². The quantitative estimate of drug-likeness (QED) is 0.0908. The van der Waals surface area contributed by atoms with Gasteiger partial charge in [0.1, 0.15) is 11.4 Å². The average molecular weight is 1130 g/mol. The molecule has 67 heavy (non-hydrogen) atoms. The Morgan fingerprint density at radius 2 is 1.51 bits per heavy atom. The van der Waals surface area contributed by atoms with Crippen LogP contribution in [0, 0.1) is 43.0 Å². The Morgan fingerprint density at radius 3 is 2.10 bits per heavy atom. The number of para-hydroxylation sites is 2. The van der Waals surface area contributed by atoms with Gasteiger partial charge in [0.25, 0.3) is 0 Å². The summed E-state index contributed by atoms with van der Waals surface area (Å²) in [4.78, 5) is 5.18. The Balaban J connectivity index is 0.000000280. The predicted octanol–water partition coefficient (Wildman–Crippen LogP) is 14.8. The maximum Gasteiger partial charge on any atom is 3.00 e. The fourth-order valence-corrected chi connectivity index (χ4v) is 11.1. The van der Waals surface area contributed by atoms with Gasteiger partial charge in [0.05, 0.1) is 29.3 Å². The molecule has 0 saturated heterocycles. The summed E-state index contributed by atoms with van der Waals surface area (Å²) in [6, 6.07) is 42.6. The Labute approximate surface area is 410 Å². The van der Waals surface area contributed by atoms with Crippen LogP contribution in [0.1, 0.15) is 88.1 Å². The summed E-state index contributed by atoms with van der Waals surface area (Å²) < 4.78 is 40.4. The molecule has 0 aliphatic rings. The van der Waals surface area contributed by atoms with Crippen molar-refractivity contribution in [2.45, 2.75) is 83.0 Å². The number of imidazole rings is 1. The van der Waals surface area contributed by atoms with E-state index in [0.29, 0.717) is 38.9 Å². The molecule has 0 aliphatic carbocycles. The van der Waals surface area contributed by atoms with Crippen LogP contribution in [0.4, 0.5) is 8.78 Å². The van der Waals surface area contributed by atoms with Crippen LogP contribution in [0.5, 0.6) is 0 Å². The molecule has 9 rings (SSSR count). The number of rotatable bonds is 7. The number of hydrogen-bond donors (Lipinski definition) is 0. The number of halogens is 2. The number of pyridine rings is 1. The fourth-order valence-electron chi connectivity index (χ4n) is 8.66. The molecule has 0 aliphatic heterocycles. The summed E-state index contributed by atoms with van der Waals surface area (Å²) in [5.41, 5.74) is 13.2. The first-order valence-electron chi connectivity index (χ1n) is 22.5. The van der Waals surface area contributed by atoms with Crippen molar-refractivity contribution < 1.29 is 37.9 Å². The van der Waals surface area contributed by atoms with Crippen molar-refractivity contribution in [3.05, 3.63) is 181 Å². The molecule has 0 saturated carbocycles. The van der Waals surface area contributed by atoms with Gasteiger partial charge >= 0.3 is 221 Å². The normalized spacial score (nSPS) is 11.8. The monoisotopic (exact) mass is 1130 g/mol. The van der Waals surface area contributed by atoms with Gasteiger partial charge < -0.3 is 8.98 Å². The summed E-state index contributed by atoms with van der Waals surface area (Å²) >= 11 is -1.94. The molecule has 3 aromatic heterocycles. The van der Waals surface area contributed by atoms with E-state index in [0.717, 1.165) is 28.0 Å². The van der Waals surface area contributed by atoms with Gasteiger partial charge in [0, 0.05) is 12.4 Å². The molecular weight excluding hydrogens is 1070 g/mol. The molecule has 9 aromatic rings. The SMILES string of the molecule is CC(C)c1cc(-c2cc[c]([Ge]([CH3])([CH3])[CH3])cc2)cc(C(C)C)c1-n1c(-c2[c-]ccc3c2oc2cc(C#N)cc(F)c23)nc2ccccc21.[CH2-]c1cc(F)ccc1-c1ccc(C(C)(C)C)c[n+]1[CH2-].[Ir+3]. The summed E-state index contributed by atoms with van der Waals surface area (Å²) in [5, 5.41) is 10.5. The van der Waals surface area contributed by atoms with E-state index in [-0.39, 0.29) is 48.7 Å². The van der Waals surface area contributed by atoms with Crippen molar-refractivity contribution in [2.24, 2.45) is 0 Å². The Hall–Kier alpha value is -5.98. The first-order valence-corrected chi connectivity index (χ1v) is 29.8. The maximum atomic E-state index is 15.3. The zero-order chi connectivity index (χ0) is 47.4. The van der Waals surface area contributed by atoms with Crippen LogP contribution in [0.25, 0.3) is 72.4 Å². The van der Waals surface area contributed by atoms with Crippen molar-refractivity contribution in [2.75, 3.05) is 0 Å². The van der Waals surface area contributed by atoms with Gasteiger partial charge in [-0.25, -0.2) is 8.78 Å². The number of aromatic nitrogens is 3. The molecule has 340 valence electrons. The van der Waals surface area contributed by atoms with Crippen LogP contribution >= 0.6 is 0 Å². The first-order chi connectivity index (χ1) is 31.2. The number of benzene rings is 6. The van der Waals surface area contributed by atoms with Crippen molar-refractivity contribution in [3.63, 3.8) is 0 Å². The van der Waals surface area contributed by atoms with Crippen LogP contribution in [0.3, 0.4) is 0 Å². The molecule has 0 atom stereocenters. The minimum atomic E-state index is -1.94. The molecule has 3 heterocycles. The van der Waals surface area contributed by atoms with Crippen LogP contribution in [-0.2, 0) is 25.5 Å². The van der Waals surface area contributed by atoms with Crippen LogP contribution in [-0.4, -0.2) is 22.8 Å². The second kappa shape index (κ2) is 19.0. The van der Waals surface area contributed by atoms with Crippen LogP contribution in [0.15, 0.2) is 126 Å². The molecule has 0 radical (unpaired) electrons. The second-order valence-corrected chi connectivity index (χ2v) is 30.5. The first kappa shape index (κ1) is 48.9. The Kier molecular flexibility index (Phi) is 13.8. The maximum absolute atomic E-state index is 15.3. The number of furan rings is 1. The fraction of sp³-hybridized carbons (Fsp3) is 0.224. The molecule has 9 heteroatoms. The van der Waals surface area contributed by atoms with E-state index in [1.807, 2.05) is 47.2 Å². The third-order valence-electron chi connectivity index (χ3n) is 12.4. The van der Waals surface area contributed by atoms with Crippen molar-refractivity contribution in [1.82, 2.24) is 9.55 Å². The topological polar surface area (TPSA) is 58.6 Å². The van der Waals surface area contributed by atoms with E-state index in [9.17, 15) is 9.65 Å². The van der Waals surface area contributed by atoms with Gasteiger partial charge in [-0.2, -0.15) is 17.7 Å². The van der Waals surface area contributed by atoms with Crippen LogP contribution < -0.4 is 8.96 Å². The number of fused-ring (bicyclic) bond motifs is 4. The second-order valence-electron chi connectivity index (χ2n) is 19.9. The summed E-state index contributed by atoms with van der Waals surface area (Å²) in [6.45, 7) is 19.3. The molecule has 0 spiro atoms. The number of hydrogen-bond acceptors (Lipinski definition) is 3. The van der Waals surface area contributed by atoms with E-state index in [4.69, 9.17) is 9.40 Å². The minimum Gasteiger partial charge on any atom is -0.343 e. The van der Waals surface area contributed by atoms with E-state index in [1.54, 1.807) is 18.2 Å². The number of nitrogens with zero attached hydrogens (tertiary/aromatic N) is 4. The van der Waals surface area contributed by atoms with E-state index in [2.05, 4.69) is 139 Å². The summed E-state index contributed by atoms with van der Waals surface area (Å²) in [5.74, 6) is 7.62. The smallest absolute Gasteiger partial charge is 0.343 e. The van der Waals surface area contributed by atoms with Gasteiger partial charge in [-0.1, -0.05) is 50.4 Å². The van der Waals surface area contributed by atoms with Crippen LogP contribution in [0.2, 0.25) is 17.3 Å². The Morgan fingerprint density at radius 1 is 0.836 bits per heavy atom. The molecular formula is C58H56F2GeIrN4O+. The van der Waals surface area contributed by atoms with Crippen molar-refractivity contribution >= 4 is 50.6 Å². The largest absolute Gasteiger partial charge is 3.00 e. The third kappa shape index (κ3) is 9.61. The minimum absolute atomic E-state index is 0. The molecule has 0 N–H and O–H groups in total. The van der Waals surface area contributed by atoms with Gasteiger partial charge in [0.2, 0.25) is 0 Å². The molecule has 0 amide bonds. The predicted molar refractivity (Wildman–Crippen MR) is 270 cm³/mol. The van der Waals surface area contributed by atoms with Gasteiger partial charge in [-0.3, -0.25) is 0 Å². The number of nitriles is 1. The van der Waals surface area contributed by atoms with Gasteiger partial charge in [-0.05, 0) is 23.1 Å². The third-order valence-corrected chi connectivity index (χ3v) is 16.7. The summed E-state index contributed by atoms with van der Waals surface area (Å²) in [7, 11) is 4.03. The molecule has 5 nitrogen and oxygen atoms in total. The molecule has 0 fully saturated rings. The van der Waals surface area contributed by atoms with E-state index in [1.165, 1.54) is 50.4 Å². The standard InChI is InChI=1S/C41H37FGeN3O.C17H19FN.Ir/c1-24(2)32-21-28(27-15-17-29(18-16-27)43(5,6)7)22-33(25(3)4)39(32)46-36-14-9-8-13-35(36)45-41(46)31-12-10-11-30-38-34(42)19-26(23-44)20-37(38)47-40(30)31;1-12-10-14(18)7-8-15(12)16-9-6-13(11-19(16)5)17(2,3)4;/h8-11,13-22,24-25H,1-7H3;6-11H,1,5H2,2-4H3;/q2*-1;+3. The molecule has 6 aromatic carbocycles. The Bertz CT molecular complexity index is 3320. The van der Waals surface area contributed by atoms with Gasteiger partial charge in [-0.15, -0.1) is 29.8 Å². The van der Waals surface area contributed by atoms with E-state index >= 15 is 4.39 Å².